The molecule has 1 aromatic rings. The summed E-state index contributed by atoms with van der Waals surface area (Å²) >= 11 is 12.6. The number of hydrogen-bond donors (Lipinski definition) is 0. The first-order valence-corrected chi connectivity index (χ1v) is 7.96. The molecule has 1 atom stereocenters. The summed E-state index contributed by atoms with van der Waals surface area (Å²) < 4.78 is 2.03. The monoisotopic (exact) mass is 286 g/mol. The van der Waals surface area contributed by atoms with Gasteiger partial charge in [-0.1, -0.05) is 24.4 Å². The molecule has 0 N–H and O–H groups in total. The van der Waals surface area contributed by atoms with E-state index in [0.717, 1.165) is 16.6 Å². The summed E-state index contributed by atoms with van der Waals surface area (Å²) in [6.07, 6.45) is 7.74. The highest BCUT2D eigenvalue weighted by Gasteiger charge is 2.33. The Bertz CT molecular complexity index is 431. The quantitative estimate of drug-likeness (QED) is 0.720. The Labute approximate surface area is 119 Å². The number of halogens is 2. The molecule has 0 bridgehead atoms. The first-order valence-electron chi connectivity index (χ1n) is 7.05. The summed E-state index contributed by atoms with van der Waals surface area (Å²) in [5.41, 5.74) is 2.26. The molecule has 2 aliphatic carbocycles. The highest BCUT2D eigenvalue weighted by molar-refractivity contribution is 6.31. The van der Waals surface area contributed by atoms with Crippen molar-refractivity contribution in [2.75, 3.05) is 0 Å². The molecule has 0 spiro atoms. The zero-order valence-corrected chi connectivity index (χ0v) is 12.3. The molecule has 2 nitrogen and oxygen atoms in total. The number of aromatic nitrogens is 2. The number of alkyl halides is 1. The Balaban J connectivity index is 1.94. The SMILES string of the molecule is CC(C1CC1)n1nc(C2CCCC2)c(CCl)c1Cl. The molecule has 1 aromatic heterocycles. The lowest BCUT2D eigenvalue weighted by molar-refractivity contribution is 0.434. The summed E-state index contributed by atoms with van der Waals surface area (Å²) in [7, 11) is 0. The fourth-order valence-electron chi connectivity index (χ4n) is 3.16. The van der Waals surface area contributed by atoms with Crippen molar-refractivity contribution in [3.05, 3.63) is 16.4 Å². The standard InChI is InChI=1S/C14H20Cl2N2/c1-9(10-6-7-10)18-14(16)12(8-15)13(17-18)11-4-2-3-5-11/h9-11H,2-8H2,1H3. The molecule has 3 rings (SSSR count). The Hall–Kier alpha value is -0.210. The van der Waals surface area contributed by atoms with E-state index < -0.39 is 0 Å². The highest BCUT2D eigenvalue weighted by Crippen LogP contribution is 2.43. The van der Waals surface area contributed by atoms with E-state index >= 15 is 0 Å². The smallest absolute Gasteiger partial charge is 0.132 e. The predicted octanol–water partition coefficient (Wildman–Crippen LogP) is 4.90. The Morgan fingerprint density at radius 3 is 2.50 bits per heavy atom. The van der Waals surface area contributed by atoms with E-state index in [1.807, 2.05) is 4.68 Å². The van der Waals surface area contributed by atoms with Crippen molar-refractivity contribution >= 4 is 23.2 Å². The number of rotatable bonds is 4. The second-order valence-electron chi connectivity index (χ2n) is 5.79. The molecule has 18 heavy (non-hydrogen) atoms. The van der Waals surface area contributed by atoms with Crippen molar-refractivity contribution in [1.29, 1.82) is 0 Å². The largest absolute Gasteiger partial charge is 0.250 e. The third-order valence-electron chi connectivity index (χ3n) is 4.54. The lowest BCUT2D eigenvalue weighted by Gasteiger charge is -2.12. The van der Waals surface area contributed by atoms with Gasteiger partial charge in [0.05, 0.1) is 17.6 Å². The van der Waals surface area contributed by atoms with Crippen LogP contribution in [-0.4, -0.2) is 9.78 Å². The minimum absolute atomic E-state index is 0.426. The van der Waals surface area contributed by atoms with Crippen LogP contribution in [0.4, 0.5) is 0 Å². The molecular weight excluding hydrogens is 267 g/mol. The summed E-state index contributed by atoms with van der Waals surface area (Å²) in [5, 5.41) is 5.61. The minimum atomic E-state index is 0.426. The van der Waals surface area contributed by atoms with Crippen LogP contribution in [0.1, 0.15) is 68.7 Å². The van der Waals surface area contributed by atoms with Gasteiger partial charge >= 0.3 is 0 Å². The number of nitrogens with zero attached hydrogens (tertiary/aromatic N) is 2. The van der Waals surface area contributed by atoms with Crippen LogP contribution in [0, 0.1) is 5.92 Å². The third kappa shape index (κ3) is 2.18. The Morgan fingerprint density at radius 2 is 1.94 bits per heavy atom. The van der Waals surface area contributed by atoms with Gasteiger partial charge < -0.3 is 0 Å². The number of hydrogen-bond acceptors (Lipinski definition) is 1. The molecule has 0 radical (unpaired) electrons. The highest BCUT2D eigenvalue weighted by atomic mass is 35.5. The molecule has 1 unspecified atom stereocenters. The summed E-state index contributed by atoms with van der Waals surface area (Å²) in [6.45, 7) is 2.23. The molecular formula is C14H20Cl2N2. The molecule has 0 saturated heterocycles. The van der Waals surface area contributed by atoms with E-state index in [-0.39, 0.29) is 0 Å². The van der Waals surface area contributed by atoms with Crippen molar-refractivity contribution in [3.8, 4) is 0 Å². The van der Waals surface area contributed by atoms with E-state index in [9.17, 15) is 0 Å². The van der Waals surface area contributed by atoms with Crippen molar-refractivity contribution in [3.63, 3.8) is 0 Å². The normalized spacial score (nSPS) is 22.6. The van der Waals surface area contributed by atoms with Gasteiger partial charge in [0.1, 0.15) is 5.15 Å². The summed E-state index contributed by atoms with van der Waals surface area (Å²) in [4.78, 5) is 0. The average molecular weight is 287 g/mol. The Kier molecular flexibility index (Phi) is 3.59. The topological polar surface area (TPSA) is 17.8 Å². The van der Waals surface area contributed by atoms with Crippen molar-refractivity contribution in [2.24, 2.45) is 5.92 Å². The average Bonchev–Trinajstić information content (AvgIpc) is 2.97. The van der Waals surface area contributed by atoms with Crippen LogP contribution in [0.2, 0.25) is 5.15 Å². The van der Waals surface area contributed by atoms with Gasteiger partial charge in [-0.15, -0.1) is 11.6 Å². The molecule has 2 aliphatic rings. The van der Waals surface area contributed by atoms with Crippen LogP contribution in [0.25, 0.3) is 0 Å². The maximum atomic E-state index is 6.49. The molecule has 2 fully saturated rings. The van der Waals surface area contributed by atoms with Crippen LogP contribution in [0.15, 0.2) is 0 Å². The summed E-state index contributed by atoms with van der Waals surface area (Å²) in [6, 6.07) is 0.426. The van der Waals surface area contributed by atoms with Gasteiger partial charge in [-0.05, 0) is 38.5 Å². The Morgan fingerprint density at radius 1 is 1.28 bits per heavy atom. The van der Waals surface area contributed by atoms with E-state index in [1.165, 1.54) is 44.2 Å². The molecule has 0 aromatic carbocycles. The zero-order chi connectivity index (χ0) is 12.7. The van der Waals surface area contributed by atoms with E-state index in [0.29, 0.717) is 17.8 Å². The van der Waals surface area contributed by atoms with Crippen LogP contribution in [0.5, 0.6) is 0 Å². The van der Waals surface area contributed by atoms with Gasteiger partial charge in [0.2, 0.25) is 0 Å². The van der Waals surface area contributed by atoms with Crippen LogP contribution >= 0.6 is 23.2 Å². The summed E-state index contributed by atoms with van der Waals surface area (Å²) in [5.74, 6) is 1.84. The fourth-order valence-corrected chi connectivity index (χ4v) is 3.85. The first-order chi connectivity index (χ1) is 8.72. The molecule has 0 amide bonds. The predicted molar refractivity (Wildman–Crippen MR) is 75.4 cm³/mol. The minimum Gasteiger partial charge on any atom is -0.250 e. The second-order valence-corrected chi connectivity index (χ2v) is 6.42. The zero-order valence-electron chi connectivity index (χ0n) is 10.8. The van der Waals surface area contributed by atoms with Gasteiger partial charge in [-0.25, -0.2) is 0 Å². The molecule has 100 valence electrons. The van der Waals surface area contributed by atoms with Crippen molar-refractivity contribution in [1.82, 2.24) is 9.78 Å². The van der Waals surface area contributed by atoms with Crippen LogP contribution in [-0.2, 0) is 5.88 Å². The maximum absolute atomic E-state index is 6.49. The van der Waals surface area contributed by atoms with Gasteiger partial charge in [0, 0.05) is 11.5 Å². The second kappa shape index (κ2) is 5.05. The molecule has 1 heterocycles. The van der Waals surface area contributed by atoms with Gasteiger partial charge in [-0.3, -0.25) is 4.68 Å². The van der Waals surface area contributed by atoms with Crippen LogP contribution < -0.4 is 0 Å². The van der Waals surface area contributed by atoms with Crippen LogP contribution in [0.3, 0.4) is 0 Å². The lowest BCUT2D eigenvalue weighted by atomic mass is 10.0. The fraction of sp³-hybridized carbons (Fsp3) is 0.786. The van der Waals surface area contributed by atoms with Crippen molar-refractivity contribution in [2.45, 2.75) is 63.3 Å². The lowest BCUT2D eigenvalue weighted by Crippen LogP contribution is -2.09. The van der Waals surface area contributed by atoms with E-state index in [1.54, 1.807) is 0 Å². The van der Waals surface area contributed by atoms with Crippen molar-refractivity contribution < 1.29 is 0 Å². The van der Waals surface area contributed by atoms with Gasteiger partial charge in [-0.2, -0.15) is 5.10 Å². The van der Waals surface area contributed by atoms with Gasteiger partial charge in [0.25, 0.3) is 0 Å². The van der Waals surface area contributed by atoms with Gasteiger partial charge in [0.15, 0.2) is 0 Å². The maximum Gasteiger partial charge on any atom is 0.132 e. The van der Waals surface area contributed by atoms with E-state index in [2.05, 4.69) is 6.92 Å². The third-order valence-corrected chi connectivity index (χ3v) is 5.21. The molecule has 2 saturated carbocycles. The molecule has 4 heteroatoms. The first kappa shape index (κ1) is 12.8. The molecule has 0 aliphatic heterocycles. The van der Waals surface area contributed by atoms with E-state index in [4.69, 9.17) is 28.3 Å².